The quantitative estimate of drug-likeness (QED) is 0.438. The summed E-state index contributed by atoms with van der Waals surface area (Å²) in [6, 6.07) is 3.89. The van der Waals surface area contributed by atoms with Crippen LogP contribution in [0.2, 0.25) is 0 Å². The summed E-state index contributed by atoms with van der Waals surface area (Å²) in [6.45, 7) is 5.29. The molecule has 1 aromatic carbocycles. The van der Waals surface area contributed by atoms with E-state index < -0.39 is 6.30 Å². The average Bonchev–Trinajstić information content (AvgIpc) is 2.08. The summed E-state index contributed by atoms with van der Waals surface area (Å²) in [5, 5.41) is 0. The minimum Gasteiger partial charge on any atom is -0.398 e. The van der Waals surface area contributed by atoms with Crippen LogP contribution in [-0.2, 0) is 0 Å². The van der Waals surface area contributed by atoms with Gasteiger partial charge in [-0.1, -0.05) is 11.6 Å². The van der Waals surface area contributed by atoms with E-state index in [-0.39, 0.29) is 0 Å². The molecule has 0 fully saturated rings. The molecule has 0 amide bonds. The maximum Gasteiger partial charge on any atom is 0.187 e. The molecular weight excluding hydrogens is 179 g/mol. The van der Waals surface area contributed by atoms with E-state index in [9.17, 15) is 4.39 Å². The molecule has 3 heteroatoms. The molecule has 0 spiro atoms. The number of aliphatic imine (C=N–C) groups is 1. The topological polar surface area (TPSA) is 38.4 Å². The summed E-state index contributed by atoms with van der Waals surface area (Å²) in [6.07, 6.45) is 0.301. The predicted octanol–water partition coefficient (Wildman–Crippen LogP) is 2.62. The number of hydrogen-bond acceptors (Lipinski definition) is 2. The Morgan fingerprint density at radius 1 is 1.43 bits per heavy atom. The molecule has 2 nitrogen and oxygen atoms in total. The fraction of sp³-hybridized carbons (Fsp3) is 0.364. The number of nitrogen functional groups attached to an aromatic ring is 1. The van der Waals surface area contributed by atoms with Gasteiger partial charge in [-0.2, -0.15) is 0 Å². The van der Waals surface area contributed by atoms with Crippen LogP contribution >= 0.6 is 0 Å². The number of halogens is 1. The monoisotopic (exact) mass is 194 g/mol. The maximum atomic E-state index is 12.5. The van der Waals surface area contributed by atoms with Crippen molar-refractivity contribution in [1.82, 2.24) is 0 Å². The summed E-state index contributed by atoms with van der Waals surface area (Å²) in [5.41, 5.74) is 9.37. The molecule has 76 valence electrons. The summed E-state index contributed by atoms with van der Waals surface area (Å²) < 4.78 is 12.5. The highest BCUT2D eigenvalue weighted by atomic mass is 19.1. The molecule has 0 aliphatic heterocycles. The van der Waals surface area contributed by atoms with Crippen molar-refractivity contribution in [2.45, 2.75) is 27.1 Å². The van der Waals surface area contributed by atoms with E-state index in [1.807, 2.05) is 26.0 Å². The zero-order chi connectivity index (χ0) is 10.7. The Morgan fingerprint density at radius 3 is 2.64 bits per heavy atom. The molecular formula is C11H15FN2. The molecule has 0 aliphatic rings. The highest BCUT2D eigenvalue weighted by Crippen LogP contribution is 2.17. The van der Waals surface area contributed by atoms with E-state index in [0.717, 1.165) is 16.7 Å². The van der Waals surface area contributed by atoms with Gasteiger partial charge in [-0.05, 0) is 32.4 Å². The fourth-order valence-electron chi connectivity index (χ4n) is 1.30. The van der Waals surface area contributed by atoms with Crippen molar-refractivity contribution in [3.63, 3.8) is 0 Å². The van der Waals surface area contributed by atoms with Crippen molar-refractivity contribution < 1.29 is 4.39 Å². The molecule has 0 aliphatic carbocycles. The molecule has 1 unspecified atom stereocenters. The lowest BCUT2D eigenvalue weighted by molar-refractivity contribution is 0.377. The van der Waals surface area contributed by atoms with Gasteiger partial charge < -0.3 is 5.73 Å². The van der Waals surface area contributed by atoms with Gasteiger partial charge in [0.1, 0.15) is 0 Å². The van der Waals surface area contributed by atoms with Gasteiger partial charge in [0, 0.05) is 17.5 Å². The van der Waals surface area contributed by atoms with E-state index in [2.05, 4.69) is 4.99 Å². The second kappa shape index (κ2) is 4.22. The number of aryl methyl sites for hydroxylation is 2. The molecule has 0 heterocycles. The molecule has 2 N–H and O–H groups in total. The Hall–Kier alpha value is -1.38. The second-order valence-corrected chi connectivity index (χ2v) is 3.44. The zero-order valence-electron chi connectivity index (χ0n) is 8.71. The average molecular weight is 194 g/mol. The van der Waals surface area contributed by atoms with Crippen molar-refractivity contribution in [2.24, 2.45) is 4.99 Å². The van der Waals surface area contributed by atoms with Crippen LogP contribution in [0, 0.1) is 13.8 Å². The normalized spacial score (nSPS) is 13.4. The van der Waals surface area contributed by atoms with Crippen LogP contribution in [0.15, 0.2) is 17.1 Å². The van der Waals surface area contributed by atoms with Crippen molar-refractivity contribution in [3.8, 4) is 0 Å². The summed E-state index contributed by atoms with van der Waals surface area (Å²) in [7, 11) is 0. The standard InChI is InChI=1S/C11H15FN2/c1-7-4-8(2)11(13)10(5-7)6-14-9(3)12/h4-6,9H,13H2,1-3H3/b14-6+. The lowest BCUT2D eigenvalue weighted by Crippen LogP contribution is -1.98. The number of benzene rings is 1. The molecule has 0 aromatic heterocycles. The molecule has 0 bridgehead atoms. The van der Waals surface area contributed by atoms with Crippen LogP contribution in [-0.4, -0.2) is 12.5 Å². The molecule has 0 radical (unpaired) electrons. The van der Waals surface area contributed by atoms with E-state index in [1.54, 1.807) is 0 Å². The number of nitrogens with two attached hydrogens (primary N) is 1. The largest absolute Gasteiger partial charge is 0.398 e. The smallest absolute Gasteiger partial charge is 0.187 e. The van der Waals surface area contributed by atoms with E-state index in [4.69, 9.17) is 5.73 Å². The van der Waals surface area contributed by atoms with E-state index >= 15 is 0 Å². The third-order valence-corrected chi connectivity index (χ3v) is 1.98. The van der Waals surface area contributed by atoms with Crippen molar-refractivity contribution in [3.05, 3.63) is 28.8 Å². The number of nitrogens with zero attached hydrogens (tertiary/aromatic N) is 1. The van der Waals surface area contributed by atoms with Gasteiger partial charge >= 0.3 is 0 Å². The lowest BCUT2D eigenvalue weighted by atomic mass is 10.1. The first-order chi connectivity index (χ1) is 6.50. The minimum absolute atomic E-state index is 0.667. The number of rotatable bonds is 2. The number of hydrogen-bond donors (Lipinski definition) is 1. The fourth-order valence-corrected chi connectivity index (χ4v) is 1.30. The first-order valence-corrected chi connectivity index (χ1v) is 4.54. The summed E-state index contributed by atoms with van der Waals surface area (Å²) in [4.78, 5) is 3.67. The maximum absolute atomic E-state index is 12.5. The summed E-state index contributed by atoms with van der Waals surface area (Å²) >= 11 is 0. The Balaban J connectivity index is 3.08. The first kappa shape index (κ1) is 10.7. The van der Waals surface area contributed by atoms with Gasteiger partial charge in [0.2, 0.25) is 0 Å². The molecule has 0 saturated heterocycles. The Bertz CT molecular complexity index is 357. The molecule has 1 atom stereocenters. The number of anilines is 1. The second-order valence-electron chi connectivity index (χ2n) is 3.44. The van der Waals surface area contributed by atoms with Crippen LogP contribution in [0.4, 0.5) is 10.1 Å². The van der Waals surface area contributed by atoms with Gasteiger partial charge in [-0.15, -0.1) is 0 Å². The van der Waals surface area contributed by atoms with Crippen molar-refractivity contribution in [1.29, 1.82) is 0 Å². The van der Waals surface area contributed by atoms with Crippen molar-refractivity contribution >= 4 is 11.9 Å². The Kier molecular flexibility index (Phi) is 3.23. The van der Waals surface area contributed by atoms with Gasteiger partial charge in [-0.25, -0.2) is 4.39 Å². The molecule has 1 rings (SSSR count). The third-order valence-electron chi connectivity index (χ3n) is 1.98. The predicted molar refractivity (Wildman–Crippen MR) is 58.5 cm³/mol. The highest BCUT2D eigenvalue weighted by Gasteiger charge is 2.01. The summed E-state index contributed by atoms with van der Waals surface area (Å²) in [5.74, 6) is 0. The van der Waals surface area contributed by atoms with Gasteiger partial charge in [0.05, 0.1) is 0 Å². The van der Waals surface area contributed by atoms with E-state index in [0.29, 0.717) is 5.69 Å². The first-order valence-electron chi connectivity index (χ1n) is 4.54. The van der Waals surface area contributed by atoms with Crippen LogP contribution in [0.25, 0.3) is 0 Å². The Labute approximate surface area is 83.7 Å². The minimum atomic E-state index is -1.18. The zero-order valence-corrected chi connectivity index (χ0v) is 8.71. The van der Waals surface area contributed by atoms with Gasteiger partial charge in [-0.3, -0.25) is 4.99 Å². The van der Waals surface area contributed by atoms with Crippen LogP contribution in [0.3, 0.4) is 0 Å². The van der Waals surface area contributed by atoms with Crippen molar-refractivity contribution in [2.75, 3.05) is 5.73 Å². The van der Waals surface area contributed by atoms with E-state index in [1.165, 1.54) is 13.1 Å². The van der Waals surface area contributed by atoms with Gasteiger partial charge in [0.15, 0.2) is 6.30 Å². The Morgan fingerprint density at radius 2 is 2.07 bits per heavy atom. The molecule has 14 heavy (non-hydrogen) atoms. The molecule has 0 saturated carbocycles. The molecule has 1 aromatic rings. The van der Waals surface area contributed by atoms with Crippen LogP contribution in [0.1, 0.15) is 23.6 Å². The SMILES string of the molecule is Cc1cc(C)c(N)c(/C=N/C(C)F)c1. The highest BCUT2D eigenvalue weighted by molar-refractivity contribution is 5.88. The lowest BCUT2D eigenvalue weighted by Gasteiger charge is -2.06. The van der Waals surface area contributed by atoms with Gasteiger partial charge in [0.25, 0.3) is 0 Å². The van der Waals surface area contributed by atoms with Crippen LogP contribution in [0.5, 0.6) is 0 Å². The van der Waals surface area contributed by atoms with Crippen LogP contribution < -0.4 is 5.73 Å². The third kappa shape index (κ3) is 2.55. The number of alkyl halides is 1.